The average molecular weight is 271 g/mol. The van der Waals surface area contributed by atoms with Crippen molar-refractivity contribution in [2.24, 2.45) is 4.99 Å². The molecule has 1 amide bonds. The van der Waals surface area contributed by atoms with Crippen LogP contribution in [0.25, 0.3) is 0 Å². The Morgan fingerprint density at radius 3 is 2.90 bits per heavy atom. The van der Waals surface area contributed by atoms with E-state index in [1.54, 1.807) is 0 Å². The number of nitrogens with one attached hydrogen (secondary N) is 1. The van der Waals surface area contributed by atoms with Crippen LogP contribution in [0.3, 0.4) is 0 Å². The van der Waals surface area contributed by atoms with Crippen LogP contribution in [0.5, 0.6) is 0 Å². The zero-order valence-corrected chi connectivity index (χ0v) is 11.3. The molecule has 2 atom stereocenters. The van der Waals surface area contributed by atoms with Crippen LogP contribution in [0.2, 0.25) is 0 Å². The lowest BCUT2D eigenvalue weighted by molar-refractivity contribution is -0.120. The average Bonchev–Trinajstić information content (AvgIpc) is 2.42. The number of aliphatic hydroxyl groups is 1. The molecule has 5 nitrogen and oxygen atoms in total. The summed E-state index contributed by atoms with van der Waals surface area (Å²) in [7, 11) is 0. The van der Waals surface area contributed by atoms with Gasteiger partial charge in [0.25, 0.3) is 5.91 Å². The van der Waals surface area contributed by atoms with Crippen LogP contribution in [-0.2, 0) is 11.3 Å². The van der Waals surface area contributed by atoms with Crippen molar-refractivity contribution in [2.45, 2.75) is 25.9 Å². The largest absolute Gasteiger partial charge is 0.355 e. The molecule has 5 heteroatoms. The van der Waals surface area contributed by atoms with Gasteiger partial charge in [-0.25, -0.2) is 4.99 Å². The summed E-state index contributed by atoms with van der Waals surface area (Å²) < 4.78 is 0. The molecule has 2 unspecified atom stereocenters. The highest BCUT2D eigenvalue weighted by atomic mass is 16.3. The smallest absolute Gasteiger partial charge is 0.256 e. The topological polar surface area (TPSA) is 64.9 Å². The van der Waals surface area contributed by atoms with Gasteiger partial charge in [-0.15, -0.1) is 0 Å². The fraction of sp³-hybridized carbons (Fsp3) is 0.333. The number of aliphatic hydroxyl groups excluding tert-OH is 1. The van der Waals surface area contributed by atoms with Gasteiger partial charge in [0, 0.05) is 19.1 Å². The van der Waals surface area contributed by atoms with Crippen LogP contribution in [0.1, 0.15) is 12.5 Å². The van der Waals surface area contributed by atoms with Crippen molar-refractivity contribution in [1.29, 1.82) is 0 Å². The van der Waals surface area contributed by atoms with Crippen molar-refractivity contribution >= 4 is 11.6 Å². The Morgan fingerprint density at radius 2 is 2.15 bits per heavy atom. The van der Waals surface area contributed by atoms with Crippen molar-refractivity contribution in [3.8, 4) is 0 Å². The molecule has 0 spiro atoms. The summed E-state index contributed by atoms with van der Waals surface area (Å²) in [6.07, 6.45) is 0.786. The minimum Gasteiger partial charge on any atom is -0.355 e. The molecule has 0 saturated carbocycles. The molecule has 0 bridgehead atoms. The normalized spacial score (nSPS) is 26.4. The maximum Gasteiger partial charge on any atom is 0.256 e. The van der Waals surface area contributed by atoms with Crippen LogP contribution in [0, 0.1) is 0 Å². The second-order valence-corrected chi connectivity index (χ2v) is 5.13. The van der Waals surface area contributed by atoms with Gasteiger partial charge in [-0.1, -0.05) is 36.4 Å². The Balaban J connectivity index is 1.83. The highest BCUT2D eigenvalue weighted by Crippen LogP contribution is 2.20. The van der Waals surface area contributed by atoms with Crippen LogP contribution >= 0.6 is 0 Å². The van der Waals surface area contributed by atoms with E-state index in [9.17, 15) is 9.90 Å². The quantitative estimate of drug-likeness (QED) is 0.830. The van der Waals surface area contributed by atoms with Crippen molar-refractivity contribution in [3.63, 3.8) is 0 Å². The number of hydrogen-bond acceptors (Lipinski definition) is 4. The zero-order valence-electron chi connectivity index (χ0n) is 11.3. The predicted molar refractivity (Wildman–Crippen MR) is 76.0 cm³/mol. The number of carbonyl (C=O) groups excluding carboxylic acids is 1. The molecule has 1 aromatic rings. The third-order valence-electron chi connectivity index (χ3n) is 3.66. The lowest BCUT2D eigenvalue weighted by Gasteiger charge is -2.34. The molecule has 2 aliphatic rings. The molecule has 0 aromatic heterocycles. The first-order chi connectivity index (χ1) is 9.63. The predicted octanol–water partition coefficient (Wildman–Crippen LogP) is 0.664. The van der Waals surface area contributed by atoms with Gasteiger partial charge in [0.15, 0.2) is 0 Å². The van der Waals surface area contributed by atoms with E-state index in [0.717, 1.165) is 6.54 Å². The molecule has 3 rings (SSSR count). The van der Waals surface area contributed by atoms with Gasteiger partial charge < -0.3 is 10.4 Å². The van der Waals surface area contributed by atoms with Crippen LogP contribution in [-0.4, -0.2) is 40.6 Å². The van der Waals surface area contributed by atoms with Gasteiger partial charge in [-0.2, -0.15) is 0 Å². The molecule has 104 valence electrons. The Hall–Kier alpha value is -1.98. The Kier molecular flexibility index (Phi) is 3.38. The molecule has 2 aliphatic heterocycles. The van der Waals surface area contributed by atoms with Gasteiger partial charge in [0.05, 0.1) is 11.3 Å². The van der Waals surface area contributed by atoms with Gasteiger partial charge >= 0.3 is 0 Å². The van der Waals surface area contributed by atoms with Gasteiger partial charge in [-0.05, 0) is 12.5 Å². The van der Waals surface area contributed by atoms with Crippen molar-refractivity contribution < 1.29 is 9.90 Å². The van der Waals surface area contributed by atoms with Crippen LogP contribution in [0.4, 0.5) is 0 Å². The molecule has 0 fully saturated rings. The van der Waals surface area contributed by atoms with Crippen molar-refractivity contribution in [3.05, 3.63) is 47.5 Å². The SMILES string of the molecule is CC1C=C2C(=O)NC(O)N=C2CN1Cc1ccccc1. The van der Waals surface area contributed by atoms with E-state index in [1.807, 2.05) is 24.3 Å². The maximum absolute atomic E-state index is 11.8. The van der Waals surface area contributed by atoms with E-state index in [0.29, 0.717) is 17.8 Å². The number of fused-ring (bicyclic) bond motifs is 1. The van der Waals surface area contributed by atoms with Crippen LogP contribution in [0.15, 0.2) is 47.0 Å². The maximum atomic E-state index is 11.8. The number of hydrogen-bond donors (Lipinski definition) is 2. The molecule has 0 radical (unpaired) electrons. The van der Waals surface area contributed by atoms with E-state index in [1.165, 1.54) is 5.56 Å². The Labute approximate surface area is 117 Å². The second kappa shape index (κ2) is 5.19. The molecule has 2 N–H and O–H groups in total. The molecular weight excluding hydrogens is 254 g/mol. The molecular formula is C15H17N3O2. The summed E-state index contributed by atoms with van der Waals surface area (Å²) in [5, 5.41) is 11.9. The minimum atomic E-state index is -1.12. The summed E-state index contributed by atoms with van der Waals surface area (Å²) in [6, 6.07) is 10.3. The first-order valence-electron chi connectivity index (χ1n) is 6.69. The molecule has 20 heavy (non-hydrogen) atoms. The standard InChI is InChI=1S/C15H17N3O2/c1-10-7-12-13(16-15(20)17-14(12)19)9-18(10)8-11-5-3-2-4-6-11/h2-7,10,15,20H,8-9H2,1H3,(H,17,19). The highest BCUT2D eigenvalue weighted by molar-refractivity contribution is 6.24. The van der Waals surface area contributed by atoms with Crippen molar-refractivity contribution in [2.75, 3.05) is 6.54 Å². The molecule has 0 aliphatic carbocycles. The first kappa shape index (κ1) is 13.0. The summed E-state index contributed by atoms with van der Waals surface area (Å²) >= 11 is 0. The molecule has 2 heterocycles. The number of rotatable bonds is 2. The number of nitrogens with zero attached hydrogens (tertiary/aromatic N) is 2. The lowest BCUT2D eigenvalue weighted by Crippen LogP contribution is -2.49. The van der Waals surface area contributed by atoms with Gasteiger partial charge in [0.2, 0.25) is 6.35 Å². The lowest BCUT2D eigenvalue weighted by atomic mass is 9.98. The summed E-state index contributed by atoms with van der Waals surface area (Å²) in [6.45, 7) is 3.43. The number of carbonyl (C=O) groups is 1. The third-order valence-corrected chi connectivity index (χ3v) is 3.66. The highest BCUT2D eigenvalue weighted by Gasteiger charge is 2.31. The van der Waals surface area contributed by atoms with E-state index in [2.05, 4.69) is 34.3 Å². The minimum absolute atomic E-state index is 0.158. The Bertz CT molecular complexity index is 580. The van der Waals surface area contributed by atoms with E-state index >= 15 is 0 Å². The molecule has 0 saturated heterocycles. The summed E-state index contributed by atoms with van der Waals surface area (Å²) in [5.41, 5.74) is 2.47. The molecule has 1 aromatic carbocycles. The van der Waals surface area contributed by atoms with Crippen LogP contribution < -0.4 is 5.32 Å². The third kappa shape index (κ3) is 2.50. The van der Waals surface area contributed by atoms with E-state index in [-0.39, 0.29) is 11.9 Å². The fourth-order valence-corrected chi connectivity index (χ4v) is 2.57. The Morgan fingerprint density at radius 1 is 1.40 bits per heavy atom. The number of benzene rings is 1. The van der Waals surface area contributed by atoms with E-state index in [4.69, 9.17) is 0 Å². The fourth-order valence-electron chi connectivity index (χ4n) is 2.57. The van der Waals surface area contributed by atoms with Gasteiger partial charge in [0.1, 0.15) is 0 Å². The summed E-state index contributed by atoms with van der Waals surface area (Å²) in [4.78, 5) is 18.1. The number of aliphatic imine (C=N–C) groups is 1. The number of amides is 1. The second-order valence-electron chi connectivity index (χ2n) is 5.13. The first-order valence-corrected chi connectivity index (χ1v) is 6.69. The van der Waals surface area contributed by atoms with Crippen molar-refractivity contribution in [1.82, 2.24) is 10.2 Å². The summed E-state index contributed by atoms with van der Waals surface area (Å²) in [5.74, 6) is -0.242. The van der Waals surface area contributed by atoms with Gasteiger partial charge in [-0.3, -0.25) is 9.69 Å². The zero-order chi connectivity index (χ0) is 14.1. The monoisotopic (exact) mass is 271 g/mol. The van der Waals surface area contributed by atoms with E-state index < -0.39 is 6.35 Å².